The van der Waals surface area contributed by atoms with Crippen molar-refractivity contribution in [3.05, 3.63) is 35.5 Å². The lowest BCUT2D eigenvalue weighted by molar-refractivity contribution is -0.167. The van der Waals surface area contributed by atoms with Crippen LogP contribution in [0, 0.1) is 16.7 Å². The maximum Gasteiger partial charge on any atom is 0.335 e. The quantitative estimate of drug-likeness (QED) is 0.242. The molecule has 0 radical (unpaired) electrons. The van der Waals surface area contributed by atoms with Crippen molar-refractivity contribution in [2.24, 2.45) is 5.41 Å². The molecule has 2 aliphatic rings. The number of hydrogen-bond acceptors (Lipinski definition) is 10. The van der Waals surface area contributed by atoms with Crippen molar-refractivity contribution in [1.29, 1.82) is 5.26 Å². The molecule has 1 unspecified atom stereocenters. The van der Waals surface area contributed by atoms with Gasteiger partial charge in [0.2, 0.25) is 0 Å². The van der Waals surface area contributed by atoms with Gasteiger partial charge in [-0.2, -0.15) is 5.26 Å². The molecule has 240 valence electrons. The molecule has 1 aliphatic heterocycles. The van der Waals surface area contributed by atoms with Crippen LogP contribution >= 0.6 is 11.6 Å². The number of aromatic nitrogens is 2. The van der Waals surface area contributed by atoms with Gasteiger partial charge in [-0.15, -0.1) is 0 Å². The lowest BCUT2D eigenvalue weighted by Crippen LogP contribution is -2.44. The van der Waals surface area contributed by atoms with Crippen molar-refractivity contribution in [2.75, 3.05) is 37.0 Å². The minimum Gasteiger partial charge on any atom is -0.458 e. The van der Waals surface area contributed by atoms with E-state index in [0.717, 1.165) is 42.8 Å². The third-order valence-corrected chi connectivity index (χ3v) is 8.41. The molecule has 0 spiro atoms. The predicted molar refractivity (Wildman–Crippen MR) is 173 cm³/mol. The first-order chi connectivity index (χ1) is 20.9. The molecule has 2 atom stereocenters. The second-order valence-corrected chi connectivity index (χ2v) is 13.5. The molecule has 0 amide bonds. The van der Waals surface area contributed by atoms with Crippen molar-refractivity contribution in [3.8, 4) is 17.3 Å². The highest BCUT2D eigenvalue weighted by molar-refractivity contribution is 6.33. The van der Waals surface area contributed by atoms with Crippen LogP contribution in [0.25, 0.3) is 11.3 Å². The Labute approximate surface area is 266 Å². The molecule has 1 saturated carbocycles. The summed E-state index contributed by atoms with van der Waals surface area (Å²) in [5.74, 6) is 1.13. The molecule has 0 bridgehead atoms. The van der Waals surface area contributed by atoms with Gasteiger partial charge in [-0.25, -0.2) is 14.8 Å². The zero-order valence-corrected chi connectivity index (χ0v) is 27.4. The Balaban J connectivity index is 1.26. The maximum atomic E-state index is 12.2. The van der Waals surface area contributed by atoms with Gasteiger partial charge in [0, 0.05) is 49.6 Å². The van der Waals surface area contributed by atoms with Gasteiger partial charge < -0.3 is 30.2 Å². The van der Waals surface area contributed by atoms with Gasteiger partial charge in [0.25, 0.3) is 0 Å². The number of rotatable bonds is 12. The fourth-order valence-electron chi connectivity index (χ4n) is 5.55. The molecule has 11 heteroatoms. The second-order valence-electron chi connectivity index (χ2n) is 13.1. The summed E-state index contributed by atoms with van der Waals surface area (Å²) in [4.78, 5) is 21.5. The van der Waals surface area contributed by atoms with Crippen LogP contribution in [0.15, 0.2) is 30.5 Å². The van der Waals surface area contributed by atoms with Crippen LogP contribution in [0.3, 0.4) is 0 Å². The molecule has 3 heterocycles. The smallest absolute Gasteiger partial charge is 0.335 e. The SMILES string of the molecule is CC(CO[C@@H](C)C(=O)OC(C)(C)C)NC1CCC(Nc2cc(-c3cccc(NCC4(C#N)CCOCC4)n3)c(Cl)cn2)CC1. The highest BCUT2D eigenvalue weighted by atomic mass is 35.5. The van der Waals surface area contributed by atoms with Gasteiger partial charge in [0.05, 0.1) is 28.8 Å². The van der Waals surface area contributed by atoms with E-state index in [0.29, 0.717) is 62.1 Å². The van der Waals surface area contributed by atoms with Crippen LogP contribution in [-0.2, 0) is 19.0 Å². The number of hydrogen-bond donors (Lipinski definition) is 3. The number of esters is 1. The molecule has 1 aliphatic carbocycles. The summed E-state index contributed by atoms with van der Waals surface area (Å²) in [5.41, 5.74) is 0.580. The zero-order valence-electron chi connectivity index (χ0n) is 26.6. The number of ether oxygens (including phenoxy) is 3. The van der Waals surface area contributed by atoms with Crippen molar-refractivity contribution < 1.29 is 19.0 Å². The molecule has 4 rings (SSSR count). The van der Waals surface area contributed by atoms with E-state index in [9.17, 15) is 10.1 Å². The van der Waals surface area contributed by atoms with Gasteiger partial charge in [0.1, 0.15) is 17.2 Å². The summed E-state index contributed by atoms with van der Waals surface area (Å²) in [7, 11) is 0. The number of carbonyl (C=O) groups is 1. The highest BCUT2D eigenvalue weighted by Crippen LogP contribution is 2.32. The van der Waals surface area contributed by atoms with Crippen molar-refractivity contribution in [2.45, 2.75) is 103 Å². The van der Waals surface area contributed by atoms with E-state index in [2.05, 4.69) is 33.9 Å². The Morgan fingerprint density at radius 3 is 2.55 bits per heavy atom. The largest absolute Gasteiger partial charge is 0.458 e. The lowest BCUT2D eigenvalue weighted by Gasteiger charge is -2.32. The number of carbonyl (C=O) groups excluding carboxylic acids is 1. The fraction of sp³-hybridized carbons (Fsp3) is 0.636. The molecule has 2 aromatic heterocycles. The van der Waals surface area contributed by atoms with E-state index < -0.39 is 17.1 Å². The average molecular weight is 627 g/mol. The van der Waals surface area contributed by atoms with E-state index in [4.69, 9.17) is 30.8 Å². The molecule has 2 aromatic rings. The van der Waals surface area contributed by atoms with Crippen molar-refractivity contribution in [3.63, 3.8) is 0 Å². The summed E-state index contributed by atoms with van der Waals surface area (Å²) in [6, 6.07) is 11.0. The number of halogens is 1. The number of anilines is 2. The average Bonchev–Trinajstić information content (AvgIpc) is 3.00. The van der Waals surface area contributed by atoms with E-state index in [-0.39, 0.29) is 12.0 Å². The van der Waals surface area contributed by atoms with Crippen molar-refractivity contribution in [1.82, 2.24) is 15.3 Å². The number of pyridine rings is 2. The minimum absolute atomic E-state index is 0.120. The molecule has 0 aromatic carbocycles. The van der Waals surface area contributed by atoms with Gasteiger partial charge >= 0.3 is 5.97 Å². The monoisotopic (exact) mass is 626 g/mol. The molecular formula is C33H47ClN6O4. The number of nitriles is 1. The number of nitrogens with zero attached hydrogens (tertiary/aromatic N) is 3. The van der Waals surface area contributed by atoms with E-state index in [1.165, 1.54) is 0 Å². The Morgan fingerprint density at radius 2 is 1.86 bits per heavy atom. The number of nitrogens with one attached hydrogen (secondary N) is 3. The molecule has 44 heavy (non-hydrogen) atoms. The van der Waals surface area contributed by atoms with E-state index in [1.807, 2.05) is 45.0 Å². The summed E-state index contributed by atoms with van der Waals surface area (Å²) in [6.07, 6.45) is 6.54. The van der Waals surface area contributed by atoms with Crippen LogP contribution in [0.4, 0.5) is 11.6 Å². The van der Waals surface area contributed by atoms with Crippen LogP contribution in [0.2, 0.25) is 5.02 Å². The molecule has 2 fully saturated rings. The Bertz CT molecular complexity index is 1280. The zero-order chi connectivity index (χ0) is 31.7. The summed E-state index contributed by atoms with van der Waals surface area (Å²) >= 11 is 6.58. The first-order valence-electron chi connectivity index (χ1n) is 15.7. The van der Waals surface area contributed by atoms with Crippen LogP contribution in [0.5, 0.6) is 0 Å². The first kappa shape index (κ1) is 33.9. The maximum absolute atomic E-state index is 12.2. The van der Waals surface area contributed by atoms with Crippen molar-refractivity contribution >= 4 is 29.2 Å². The van der Waals surface area contributed by atoms with Gasteiger partial charge in [0.15, 0.2) is 6.10 Å². The van der Waals surface area contributed by atoms with Crippen LogP contribution < -0.4 is 16.0 Å². The normalized spacial score (nSPS) is 21.5. The Kier molecular flexibility index (Phi) is 11.8. The highest BCUT2D eigenvalue weighted by Gasteiger charge is 2.32. The molecule has 1 saturated heterocycles. The topological polar surface area (TPSA) is 130 Å². The van der Waals surface area contributed by atoms with Crippen LogP contribution in [-0.4, -0.2) is 72.1 Å². The first-order valence-corrected chi connectivity index (χ1v) is 16.1. The van der Waals surface area contributed by atoms with Gasteiger partial charge in [-0.1, -0.05) is 17.7 Å². The Morgan fingerprint density at radius 1 is 1.16 bits per heavy atom. The second kappa shape index (κ2) is 15.3. The standard InChI is InChI=1S/C33H47ClN6O4/c1-22(19-43-23(2)31(41)44-32(3,4)5)38-24-9-11-25(12-10-24)39-30-17-26(27(34)18-36-30)28-7-6-8-29(40-28)37-21-33(20-35)13-15-42-16-14-33/h6-8,17-18,22-25,38H,9-16,19,21H2,1-5H3,(H,36,39)(H,37,40)/t22?,23-,24?,25?/m0/s1. The van der Waals surface area contributed by atoms with E-state index >= 15 is 0 Å². The van der Waals surface area contributed by atoms with Gasteiger partial charge in [-0.05, 0) is 91.3 Å². The third-order valence-electron chi connectivity index (χ3n) is 8.11. The Hall–Kier alpha value is -2.97. The third kappa shape index (κ3) is 10.0. The summed E-state index contributed by atoms with van der Waals surface area (Å²) in [5, 5.41) is 20.9. The summed E-state index contributed by atoms with van der Waals surface area (Å²) in [6.45, 7) is 11.5. The van der Waals surface area contributed by atoms with Gasteiger partial charge in [-0.3, -0.25) is 0 Å². The molecule has 3 N–H and O–H groups in total. The molecule has 10 nitrogen and oxygen atoms in total. The summed E-state index contributed by atoms with van der Waals surface area (Å²) < 4.78 is 16.6. The minimum atomic E-state index is -0.600. The van der Waals surface area contributed by atoms with Crippen LogP contribution in [0.1, 0.15) is 73.1 Å². The lowest BCUT2D eigenvalue weighted by atomic mass is 9.82. The molecular weight excluding hydrogens is 580 g/mol. The fourth-order valence-corrected chi connectivity index (χ4v) is 5.75. The van der Waals surface area contributed by atoms with E-state index in [1.54, 1.807) is 13.1 Å². The predicted octanol–water partition coefficient (Wildman–Crippen LogP) is 5.98.